The van der Waals surface area contributed by atoms with Crippen molar-refractivity contribution in [3.63, 3.8) is 0 Å². The van der Waals surface area contributed by atoms with E-state index in [0.29, 0.717) is 6.42 Å². The van der Waals surface area contributed by atoms with Crippen LogP contribution in [0.2, 0.25) is 0 Å². The highest BCUT2D eigenvalue weighted by molar-refractivity contribution is 6.22. The summed E-state index contributed by atoms with van der Waals surface area (Å²) < 4.78 is 13.5. The maximum Gasteiger partial charge on any atom is 0.306 e. The minimum Gasteiger partial charge on any atom is -0.322 e. The standard InChI is InChI=1S/C23H16FN3O5/c24-19-9-7-16(13-20(19)27(31)32)25-21(28)15-6-8-17-18(12-15)23(30)26(22(17)29)11-10-14-4-2-1-3-5-14/h1-9,12-13H,10-11H2,(H,25,28). The number of hydrogen-bond donors (Lipinski definition) is 1. The number of fused-ring (bicyclic) bond motifs is 1. The first kappa shape index (κ1) is 20.9. The van der Waals surface area contributed by atoms with Crippen molar-refractivity contribution in [2.24, 2.45) is 0 Å². The van der Waals surface area contributed by atoms with Crippen LogP contribution in [0, 0.1) is 15.9 Å². The lowest BCUT2D eigenvalue weighted by molar-refractivity contribution is -0.387. The summed E-state index contributed by atoms with van der Waals surface area (Å²) in [4.78, 5) is 49.1. The molecule has 0 fully saturated rings. The normalized spacial score (nSPS) is 12.6. The number of halogens is 1. The number of benzene rings is 3. The molecule has 0 unspecified atom stereocenters. The van der Waals surface area contributed by atoms with E-state index >= 15 is 0 Å². The number of rotatable bonds is 6. The Hall–Kier alpha value is -4.40. The molecule has 3 aromatic rings. The van der Waals surface area contributed by atoms with Crippen molar-refractivity contribution in [2.75, 3.05) is 11.9 Å². The maximum absolute atomic E-state index is 13.5. The highest BCUT2D eigenvalue weighted by Gasteiger charge is 2.35. The molecule has 1 aliphatic heterocycles. The van der Waals surface area contributed by atoms with Crippen LogP contribution in [0.1, 0.15) is 36.6 Å². The maximum atomic E-state index is 13.5. The summed E-state index contributed by atoms with van der Waals surface area (Å²) in [7, 11) is 0. The third-order valence-electron chi connectivity index (χ3n) is 5.10. The first-order valence-corrected chi connectivity index (χ1v) is 9.64. The van der Waals surface area contributed by atoms with Gasteiger partial charge in [-0.15, -0.1) is 0 Å². The van der Waals surface area contributed by atoms with Gasteiger partial charge in [0, 0.05) is 23.9 Å². The van der Waals surface area contributed by atoms with E-state index in [0.717, 1.165) is 22.6 Å². The van der Waals surface area contributed by atoms with E-state index in [1.54, 1.807) is 0 Å². The van der Waals surface area contributed by atoms with Crippen molar-refractivity contribution in [1.29, 1.82) is 0 Å². The summed E-state index contributed by atoms with van der Waals surface area (Å²) >= 11 is 0. The zero-order chi connectivity index (χ0) is 22.8. The lowest BCUT2D eigenvalue weighted by Gasteiger charge is -2.13. The van der Waals surface area contributed by atoms with Gasteiger partial charge < -0.3 is 5.32 Å². The summed E-state index contributed by atoms with van der Waals surface area (Å²) in [6.45, 7) is 0.205. The molecule has 0 aliphatic carbocycles. The van der Waals surface area contributed by atoms with Gasteiger partial charge in [0.2, 0.25) is 5.82 Å². The zero-order valence-corrected chi connectivity index (χ0v) is 16.6. The number of nitro benzene ring substituents is 1. The Bertz CT molecular complexity index is 1260. The number of anilines is 1. The molecular formula is C23H16FN3O5. The second-order valence-electron chi connectivity index (χ2n) is 7.14. The van der Waals surface area contributed by atoms with E-state index in [-0.39, 0.29) is 28.9 Å². The molecule has 0 atom stereocenters. The number of nitro groups is 1. The van der Waals surface area contributed by atoms with Gasteiger partial charge in [-0.1, -0.05) is 30.3 Å². The molecule has 0 bridgehead atoms. The number of nitrogens with one attached hydrogen (secondary N) is 1. The van der Waals surface area contributed by atoms with Crippen LogP contribution in [0.4, 0.5) is 15.8 Å². The fraction of sp³-hybridized carbons (Fsp3) is 0.0870. The molecule has 8 nitrogen and oxygen atoms in total. The largest absolute Gasteiger partial charge is 0.322 e. The number of carbonyl (C=O) groups is 3. The Morgan fingerprint density at radius 3 is 2.41 bits per heavy atom. The minimum atomic E-state index is -1.02. The molecule has 1 heterocycles. The van der Waals surface area contributed by atoms with Crippen molar-refractivity contribution >= 4 is 29.1 Å². The highest BCUT2D eigenvalue weighted by atomic mass is 19.1. The van der Waals surface area contributed by atoms with Gasteiger partial charge in [0.05, 0.1) is 16.1 Å². The molecule has 160 valence electrons. The second-order valence-corrected chi connectivity index (χ2v) is 7.14. The molecule has 0 saturated carbocycles. The van der Waals surface area contributed by atoms with Crippen LogP contribution in [-0.4, -0.2) is 34.1 Å². The summed E-state index contributed by atoms with van der Waals surface area (Å²) in [6.07, 6.45) is 0.503. The molecule has 1 aliphatic rings. The van der Waals surface area contributed by atoms with E-state index in [9.17, 15) is 28.9 Å². The van der Waals surface area contributed by atoms with Crippen LogP contribution in [0.3, 0.4) is 0 Å². The third kappa shape index (κ3) is 3.95. The van der Waals surface area contributed by atoms with Gasteiger partial charge in [0.1, 0.15) is 0 Å². The quantitative estimate of drug-likeness (QED) is 0.361. The predicted octanol–water partition coefficient (Wildman–Crippen LogP) is 3.82. The first-order valence-electron chi connectivity index (χ1n) is 9.64. The van der Waals surface area contributed by atoms with Gasteiger partial charge in [0.25, 0.3) is 17.7 Å². The molecule has 3 amide bonds. The average molecular weight is 433 g/mol. The topological polar surface area (TPSA) is 110 Å². The predicted molar refractivity (Wildman–Crippen MR) is 113 cm³/mol. The van der Waals surface area contributed by atoms with E-state index < -0.39 is 34.1 Å². The molecule has 9 heteroatoms. The van der Waals surface area contributed by atoms with Gasteiger partial charge in [-0.3, -0.25) is 29.4 Å². The average Bonchev–Trinajstić information content (AvgIpc) is 3.03. The monoisotopic (exact) mass is 433 g/mol. The smallest absolute Gasteiger partial charge is 0.306 e. The molecule has 32 heavy (non-hydrogen) atoms. The molecule has 0 saturated heterocycles. The lowest BCUT2D eigenvalue weighted by atomic mass is 10.1. The van der Waals surface area contributed by atoms with Gasteiger partial charge in [-0.2, -0.15) is 4.39 Å². The van der Waals surface area contributed by atoms with Crippen LogP contribution in [-0.2, 0) is 6.42 Å². The molecule has 0 aromatic heterocycles. The Balaban J connectivity index is 1.51. The van der Waals surface area contributed by atoms with Crippen molar-refractivity contribution in [3.8, 4) is 0 Å². The number of imide groups is 1. The van der Waals surface area contributed by atoms with E-state index in [2.05, 4.69) is 5.32 Å². The van der Waals surface area contributed by atoms with Gasteiger partial charge in [-0.25, -0.2) is 0 Å². The molecule has 0 radical (unpaired) electrons. The molecule has 4 rings (SSSR count). The van der Waals surface area contributed by atoms with Crippen molar-refractivity contribution < 1.29 is 23.7 Å². The Morgan fingerprint density at radius 2 is 1.69 bits per heavy atom. The van der Waals surface area contributed by atoms with E-state index in [1.165, 1.54) is 24.3 Å². The van der Waals surface area contributed by atoms with Crippen LogP contribution in [0.5, 0.6) is 0 Å². The number of hydrogen-bond acceptors (Lipinski definition) is 5. The minimum absolute atomic E-state index is 0.0236. The van der Waals surface area contributed by atoms with Crippen LogP contribution in [0.15, 0.2) is 66.7 Å². The van der Waals surface area contributed by atoms with E-state index in [1.807, 2.05) is 30.3 Å². The van der Waals surface area contributed by atoms with Crippen molar-refractivity contribution in [3.05, 3.63) is 105 Å². The Morgan fingerprint density at radius 1 is 0.969 bits per heavy atom. The fourth-order valence-corrected chi connectivity index (χ4v) is 3.45. The molecule has 3 aromatic carbocycles. The van der Waals surface area contributed by atoms with Gasteiger partial charge in [-0.05, 0) is 42.3 Å². The summed E-state index contributed by atoms with van der Waals surface area (Å²) in [5.74, 6) is -2.60. The molecule has 0 spiro atoms. The van der Waals surface area contributed by atoms with Crippen LogP contribution in [0.25, 0.3) is 0 Å². The van der Waals surface area contributed by atoms with Gasteiger partial charge in [0.15, 0.2) is 0 Å². The first-order chi connectivity index (χ1) is 15.3. The summed E-state index contributed by atoms with van der Waals surface area (Å²) in [6, 6.07) is 16.5. The SMILES string of the molecule is O=C(Nc1ccc(F)c([N+](=O)[O-])c1)c1ccc2c(c1)C(=O)N(CCc1ccccc1)C2=O. The fourth-order valence-electron chi connectivity index (χ4n) is 3.45. The number of carbonyl (C=O) groups excluding carboxylic acids is 3. The van der Waals surface area contributed by atoms with E-state index in [4.69, 9.17) is 0 Å². The Kier molecular flexibility index (Phi) is 5.46. The number of amides is 3. The molecule has 1 N–H and O–H groups in total. The summed E-state index contributed by atoms with van der Waals surface area (Å²) in [5.41, 5.74) is 0.638. The van der Waals surface area contributed by atoms with Crippen LogP contribution >= 0.6 is 0 Å². The van der Waals surface area contributed by atoms with Crippen molar-refractivity contribution in [2.45, 2.75) is 6.42 Å². The third-order valence-corrected chi connectivity index (χ3v) is 5.10. The highest BCUT2D eigenvalue weighted by Crippen LogP contribution is 2.26. The van der Waals surface area contributed by atoms with Crippen molar-refractivity contribution in [1.82, 2.24) is 4.90 Å². The summed E-state index contributed by atoms with van der Waals surface area (Å²) in [5, 5.41) is 13.3. The lowest BCUT2D eigenvalue weighted by Crippen LogP contribution is -2.31. The second kappa shape index (κ2) is 8.38. The zero-order valence-electron chi connectivity index (χ0n) is 16.6. The molecular weight excluding hydrogens is 417 g/mol. The van der Waals surface area contributed by atoms with Crippen LogP contribution < -0.4 is 5.32 Å². The van der Waals surface area contributed by atoms with Gasteiger partial charge >= 0.3 is 5.69 Å². The number of nitrogens with zero attached hydrogens (tertiary/aromatic N) is 2. The Labute approximate surface area is 181 Å².